The van der Waals surface area contributed by atoms with Gasteiger partial charge in [-0.25, -0.2) is 13.2 Å². The van der Waals surface area contributed by atoms with Crippen LogP contribution in [0.25, 0.3) is 0 Å². The third-order valence-corrected chi connectivity index (χ3v) is 4.48. The summed E-state index contributed by atoms with van der Waals surface area (Å²) < 4.78 is 45.7. The molecule has 3 nitrogen and oxygen atoms in total. The molecule has 0 aromatic heterocycles. The fourth-order valence-electron chi connectivity index (χ4n) is 3.11. The molecule has 1 saturated carbocycles. The summed E-state index contributed by atoms with van der Waals surface area (Å²) in [6.45, 7) is 0.120. The first-order valence-electron chi connectivity index (χ1n) is 8.31. The summed E-state index contributed by atoms with van der Waals surface area (Å²) in [4.78, 5) is 0. The molecule has 1 aliphatic rings. The van der Waals surface area contributed by atoms with Crippen molar-refractivity contribution in [3.05, 3.63) is 65.5 Å². The first-order valence-corrected chi connectivity index (χ1v) is 8.31. The van der Waals surface area contributed by atoms with Gasteiger partial charge >= 0.3 is 0 Å². The van der Waals surface area contributed by atoms with Crippen molar-refractivity contribution in [3.63, 3.8) is 0 Å². The van der Waals surface area contributed by atoms with Crippen molar-refractivity contribution >= 4 is 0 Å². The molecule has 0 unspecified atom stereocenters. The Labute approximate surface area is 144 Å². The zero-order valence-electron chi connectivity index (χ0n) is 13.6. The van der Waals surface area contributed by atoms with E-state index in [1.807, 2.05) is 0 Å². The minimum absolute atomic E-state index is 0.120. The lowest BCUT2D eigenvalue weighted by atomic mass is 9.89. The number of aliphatic hydroxyl groups is 1. The van der Waals surface area contributed by atoms with Crippen molar-refractivity contribution < 1.29 is 23.0 Å². The molecule has 1 aliphatic carbocycles. The van der Waals surface area contributed by atoms with Crippen LogP contribution in [-0.2, 0) is 6.54 Å². The average molecular weight is 351 g/mol. The molecular weight excluding hydrogens is 331 g/mol. The van der Waals surface area contributed by atoms with Gasteiger partial charge in [-0.1, -0.05) is 12.1 Å². The fraction of sp³-hybridized carbons (Fsp3) is 0.368. The minimum Gasteiger partial charge on any atom is -0.488 e. The van der Waals surface area contributed by atoms with Gasteiger partial charge in [-0.2, -0.15) is 0 Å². The third kappa shape index (κ3) is 4.32. The van der Waals surface area contributed by atoms with Crippen molar-refractivity contribution in [1.82, 2.24) is 5.32 Å². The molecule has 25 heavy (non-hydrogen) atoms. The van der Waals surface area contributed by atoms with Crippen LogP contribution in [0.4, 0.5) is 13.2 Å². The largest absolute Gasteiger partial charge is 0.488 e. The molecule has 2 N–H and O–H groups in total. The van der Waals surface area contributed by atoms with Gasteiger partial charge in [0.05, 0.1) is 0 Å². The maximum Gasteiger partial charge on any atom is 0.163 e. The summed E-state index contributed by atoms with van der Waals surface area (Å²) in [6, 6.07) is 9.37. The van der Waals surface area contributed by atoms with Crippen molar-refractivity contribution in [2.45, 2.75) is 44.1 Å². The Bertz CT molecular complexity index is 708. The van der Waals surface area contributed by atoms with Crippen molar-refractivity contribution in [3.8, 4) is 5.75 Å². The molecule has 6 heteroatoms. The summed E-state index contributed by atoms with van der Waals surface area (Å²) >= 11 is 0. The number of hydrogen-bond donors (Lipinski definition) is 2. The highest BCUT2D eigenvalue weighted by Gasteiger charge is 2.33. The maximum atomic E-state index is 13.7. The van der Waals surface area contributed by atoms with Gasteiger partial charge in [0.2, 0.25) is 0 Å². The van der Waals surface area contributed by atoms with Crippen LogP contribution in [-0.4, -0.2) is 23.4 Å². The Kier molecular flexibility index (Phi) is 5.60. The lowest BCUT2D eigenvalue weighted by Crippen LogP contribution is -2.51. The van der Waals surface area contributed by atoms with E-state index in [1.54, 1.807) is 0 Å². The van der Waals surface area contributed by atoms with Crippen molar-refractivity contribution in [2.75, 3.05) is 0 Å². The van der Waals surface area contributed by atoms with Crippen LogP contribution in [0.15, 0.2) is 42.5 Å². The second-order valence-corrected chi connectivity index (χ2v) is 6.23. The molecule has 0 radical (unpaired) electrons. The van der Waals surface area contributed by atoms with E-state index in [-0.39, 0.29) is 24.0 Å². The summed E-state index contributed by atoms with van der Waals surface area (Å²) in [6.07, 6.45) is 0.975. The lowest BCUT2D eigenvalue weighted by Gasteiger charge is -2.35. The number of halogens is 3. The lowest BCUT2D eigenvalue weighted by molar-refractivity contribution is -0.0158. The van der Waals surface area contributed by atoms with Gasteiger partial charge in [-0.05, 0) is 49.6 Å². The Morgan fingerprint density at radius 3 is 2.56 bits per heavy atom. The van der Waals surface area contributed by atoms with Crippen LogP contribution >= 0.6 is 0 Å². The van der Waals surface area contributed by atoms with E-state index in [9.17, 15) is 18.3 Å². The first-order chi connectivity index (χ1) is 12.0. The molecule has 0 amide bonds. The molecule has 3 rings (SSSR count). The average Bonchev–Trinajstić information content (AvgIpc) is 2.61. The van der Waals surface area contributed by atoms with E-state index in [2.05, 4.69) is 5.32 Å². The number of rotatable bonds is 5. The highest BCUT2D eigenvalue weighted by atomic mass is 19.2. The second kappa shape index (κ2) is 7.89. The molecule has 1 fully saturated rings. The molecular formula is C19H20F3NO2. The molecule has 0 saturated heterocycles. The van der Waals surface area contributed by atoms with Crippen LogP contribution in [0.2, 0.25) is 0 Å². The predicted octanol–water partition coefficient (Wildman–Crippen LogP) is 3.55. The molecule has 0 spiro atoms. The molecule has 3 atom stereocenters. The molecule has 0 bridgehead atoms. The van der Waals surface area contributed by atoms with Crippen LogP contribution in [0, 0.1) is 17.5 Å². The smallest absolute Gasteiger partial charge is 0.163 e. The van der Waals surface area contributed by atoms with Crippen LogP contribution < -0.4 is 10.1 Å². The summed E-state index contributed by atoms with van der Waals surface area (Å²) in [5.41, 5.74) is 0.216. The van der Waals surface area contributed by atoms with Gasteiger partial charge in [-0.3, -0.25) is 0 Å². The van der Waals surface area contributed by atoms with E-state index < -0.39 is 23.8 Å². The number of benzene rings is 2. The Morgan fingerprint density at radius 1 is 1.04 bits per heavy atom. The van der Waals surface area contributed by atoms with E-state index in [0.29, 0.717) is 18.6 Å². The van der Waals surface area contributed by atoms with Gasteiger partial charge in [-0.15, -0.1) is 0 Å². The zero-order valence-corrected chi connectivity index (χ0v) is 13.6. The number of ether oxygens (including phenoxy) is 1. The van der Waals surface area contributed by atoms with E-state index in [4.69, 9.17) is 4.74 Å². The predicted molar refractivity (Wildman–Crippen MR) is 87.7 cm³/mol. The number of nitrogens with one attached hydrogen (secondary N) is 1. The summed E-state index contributed by atoms with van der Waals surface area (Å²) in [5, 5.41) is 13.6. The Morgan fingerprint density at radius 2 is 1.80 bits per heavy atom. The maximum absolute atomic E-state index is 13.7. The Balaban J connectivity index is 1.60. The summed E-state index contributed by atoms with van der Waals surface area (Å²) in [5.74, 6) is -1.63. The van der Waals surface area contributed by atoms with Gasteiger partial charge < -0.3 is 15.2 Å². The second-order valence-electron chi connectivity index (χ2n) is 6.23. The zero-order chi connectivity index (χ0) is 17.8. The quantitative estimate of drug-likeness (QED) is 0.866. The monoisotopic (exact) mass is 351 g/mol. The molecule has 0 heterocycles. The molecule has 0 aliphatic heterocycles. The highest BCUT2D eigenvalue weighted by Crippen LogP contribution is 2.25. The van der Waals surface area contributed by atoms with Gasteiger partial charge in [0.15, 0.2) is 11.6 Å². The van der Waals surface area contributed by atoms with E-state index in [1.165, 1.54) is 36.4 Å². The van der Waals surface area contributed by atoms with Crippen LogP contribution in [0.1, 0.15) is 24.8 Å². The van der Waals surface area contributed by atoms with Gasteiger partial charge in [0, 0.05) is 18.2 Å². The van der Waals surface area contributed by atoms with Crippen molar-refractivity contribution in [1.29, 1.82) is 0 Å². The topological polar surface area (TPSA) is 41.5 Å². The number of hydrogen-bond acceptors (Lipinski definition) is 3. The SMILES string of the molecule is O[C@@H]1[C@@H](NCc2cccc(F)c2F)CCC[C@H]1Oc1ccc(F)cc1. The Hall–Kier alpha value is -2.05. The van der Waals surface area contributed by atoms with Gasteiger partial charge in [0.1, 0.15) is 23.8 Å². The van der Waals surface area contributed by atoms with Crippen molar-refractivity contribution in [2.24, 2.45) is 0 Å². The molecule has 134 valence electrons. The number of aliphatic hydroxyl groups excluding tert-OH is 1. The standard InChI is InChI=1S/C19H20F3NO2/c20-13-7-9-14(10-8-13)25-17-6-2-5-16(19(17)24)23-11-12-3-1-4-15(21)18(12)22/h1,3-4,7-10,16-17,19,23-24H,2,5-6,11H2/t16-,17+,19+/m0/s1. The summed E-state index contributed by atoms with van der Waals surface area (Å²) in [7, 11) is 0. The van der Waals surface area contributed by atoms with Gasteiger partial charge in [0.25, 0.3) is 0 Å². The highest BCUT2D eigenvalue weighted by molar-refractivity contribution is 5.23. The van der Waals surface area contributed by atoms with E-state index >= 15 is 0 Å². The third-order valence-electron chi connectivity index (χ3n) is 4.48. The molecule has 2 aromatic rings. The minimum atomic E-state index is -0.888. The fourth-order valence-corrected chi connectivity index (χ4v) is 3.11. The molecule has 2 aromatic carbocycles. The van der Waals surface area contributed by atoms with Crippen LogP contribution in [0.5, 0.6) is 5.75 Å². The first kappa shape index (κ1) is 17.8. The normalized spacial score (nSPS) is 23.4. The van der Waals surface area contributed by atoms with Crippen LogP contribution in [0.3, 0.4) is 0 Å². The van der Waals surface area contributed by atoms with E-state index in [0.717, 1.165) is 12.5 Å².